The zero-order valence-electron chi connectivity index (χ0n) is 26.3. The SMILES string of the molecule is N=C(N)C1C=CC(OCc2ccc(CNCc3ccc(CNCc4ccc(COc5ccc(C(N)[NH3+])cc5)cc4)cc3)cc2)=CC1. The molecule has 0 spiro atoms. The van der Waals surface area contributed by atoms with Gasteiger partial charge in [0.2, 0.25) is 0 Å². The molecular weight excluding hydrogens is 572 g/mol. The number of nitrogens with one attached hydrogen (secondary N) is 3. The van der Waals surface area contributed by atoms with E-state index in [1.54, 1.807) is 0 Å². The predicted molar refractivity (Wildman–Crippen MR) is 183 cm³/mol. The number of hydrogen-bond acceptors (Lipinski definition) is 6. The lowest BCUT2D eigenvalue weighted by Crippen LogP contribution is -2.58. The summed E-state index contributed by atoms with van der Waals surface area (Å²) < 4.78 is 11.8. The molecule has 238 valence electrons. The van der Waals surface area contributed by atoms with Crippen LogP contribution in [-0.4, -0.2) is 5.84 Å². The van der Waals surface area contributed by atoms with Gasteiger partial charge in [-0.25, -0.2) is 0 Å². The highest BCUT2D eigenvalue weighted by Crippen LogP contribution is 2.19. The van der Waals surface area contributed by atoms with Gasteiger partial charge in [-0.15, -0.1) is 0 Å². The monoisotopic (exact) mass is 617 g/mol. The van der Waals surface area contributed by atoms with E-state index in [1.807, 2.05) is 42.5 Å². The van der Waals surface area contributed by atoms with Crippen LogP contribution in [0.3, 0.4) is 0 Å². The number of benzene rings is 4. The number of amidine groups is 1. The van der Waals surface area contributed by atoms with E-state index in [-0.39, 0.29) is 17.9 Å². The Morgan fingerprint density at radius 1 is 0.696 bits per heavy atom. The Bertz CT molecular complexity index is 1600. The minimum Gasteiger partial charge on any atom is -0.489 e. The highest BCUT2D eigenvalue weighted by Gasteiger charge is 2.12. The van der Waals surface area contributed by atoms with Crippen LogP contribution in [0.1, 0.15) is 51.5 Å². The molecule has 0 aromatic heterocycles. The molecule has 0 saturated heterocycles. The fourth-order valence-electron chi connectivity index (χ4n) is 5.07. The van der Waals surface area contributed by atoms with E-state index in [2.05, 4.69) is 89.2 Å². The number of rotatable bonds is 16. The van der Waals surface area contributed by atoms with Crippen molar-refractivity contribution in [2.45, 2.75) is 52.0 Å². The molecule has 8 heteroatoms. The molecule has 1 aliphatic rings. The molecule has 0 bridgehead atoms. The molecule has 2 atom stereocenters. The van der Waals surface area contributed by atoms with Gasteiger partial charge >= 0.3 is 0 Å². The third-order valence-electron chi connectivity index (χ3n) is 7.97. The molecule has 0 radical (unpaired) electrons. The maximum absolute atomic E-state index is 7.55. The molecular formula is C38H45N6O2+. The Morgan fingerprint density at radius 2 is 1.13 bits per heavy atom. The summed E-state index contributed by atoms with van der Waals surface area (Å²) in [6.07, 6.45) is 6.32. The maximum Gasteiger partial charge on any atom is 0.162 e. The largest absolute Gasteiger partial charge is 0.489 e. The Hall–Kier alpha value is -4.73. The molecule has 0 amide bonds. The van der Waals surface area contributed by atoms with Gasteiger partial charge in [-0.05, 0) is 76.2 Å². The second kappa shape index (κ2) is 16.5. The molecule has 4 aromatic rings. The average molecular weight is 618 g/mol. The molecule has 1 aliphatic carbocycles. The summed E-state index contributed by atoms with van der Waals surface area (Å²) in [6.45, 7) is 4.27. The van der Waals surface area contributed by atoms with Crippen LogP contribution < -0.4 is 32.6 Å². The normalized spacial score (nSPS) is 14.8. The van der Waals surface area contributed by atoms with E-state index in [4.69, 9.17) is 26.4 Å². The van der Waals surface area contributed by atoms with Crippen molar-refractivity contribution in [3.8, 4) is 5.75 Å². The van der Waals surface area contributed by atoms with Crippen molar-refractivity contribution in [1.82, 2.24) is 10.6 Å². The zero-order chi connectivity index (χ0) is 32.1. The molecule has 8 nitrogen and oxygen atoms in total. The van der Waals surface area contributed by atoms with Crippen molar-refractivity contribution in [2.75, 3.05) is 0 Å². The van der Waals surface area contributed by atoms with Crippen molar-refractivity contribution < 1.29 is 15.2 Å². The van der Waals surface area contributed by atoms with Crippen LogP contribution in [-0.2, 0) is 44.1 Å². The lowest BCUT2D eigenvalue weighted by atomic mass is 9.99. The van der Waals surface area contributed by atoms with Crippen molar-refractivity contribution >= 4 is 5.84 Å². The summed E-state index contributed by atoms with van der Waals surface area (Å²) in [5.74, 6) is 1.83. The van der Waals surface area contributed by atoms with E-state index in [1.165, 1.54) is 22.3 Å². The third kappa shape index (κ3) is 10.2. The first-order valence-electron chi connectivity index (χ1n) is 15.7. The average Bonchev–Trinajstić information content (AvgIpc) is 3.08. The Morgan fingerprint density at radius 3 is 1.52 bits per heavy atom. The summed E-state index contributed by atoms with van der Waals surface area (Å²) in [5.41, 5.74) is 23.5. The standard InChI is InChI=1S/C38H44N6O2/c39-37(40)33-13-17-35(18-14-33)45-25-31-9-5-29(6-10-31)23-43-21-27-1-2-28(4-3-27)22-44-24-30-7-11-32(12-8-30)26-46-36-19-15-34(16-20-36)38(41)42/h1-15,17-20,34,37,43-44H,16,21-26,39-40H2,(H3,41,42)/p+1. The highest BCUT2D eigenvalue weighted by atomic mass is 16.5. The molecule has 0 fully saturated rings. The van der Waals surface area contributed by atoms with Crippen LogP contribution in [0.4, 0.5) is 0 Å². The van der Waals surface area contributed by atoms with Crippen LogP contribution in [0.25, 0.3) is 0 Å². The summed E-state index contributed by atoms with van der Waals surface area (Å²) in [7, 11) is 0. The van der Waals surface area contributed by atoms with Crippen molar-refractivity contribution in [2.24, 2.45) is 17.4 Å². The summed E-state index contributed by atoms with van der Waals surface area (Å²) in [4.78, 5) is 0. The topological polar surface area (TPSA) is 146 Å². The highest BCUT2D eigenvalue weighted by molar-refractivity contribution is 5.81. The van der Waals surface area contributed by atoms with Crippen LogP contribution in [0, 0.1) is 11.3 Å². The first-order valence-corrected chi connectivity index (χ1v) is 15.7. The van der Waals surface area contributed by atoms with Crippen LogP contribution in [0.15, 0.2) is 121 Å². The molecule has 46 heavy (non-hydrogen) atoms. The number of ether oxygens (including phenoxy) is 2. The minimum absolute atomic E-state index is 0.0168. The van der Waals surface area contributed by atoms with Gasteiger partial charge in [0.25, 0.3) is 0 Å². The van der Waals surface area contributed by atoms with E-state index in [0.717, 1.165) is 54.4 Å². The number of quaternary nitrogens is 1. The van der Waals surface area contributed by atoms with E-state index < -0.39 is 0 Å². The molecule has 10 N–H and O–H groups in total. The van der Waals surface area contributed by atoms with Crippen molar-refractivity contribution in [1.29, 1.82) is 5.41 Å². The van der Waals surface area contributed by atoms with Gasteiger partial charge in [-0.3, -0.25) is 11.1 Å². The van der Waals surface area contributed by atoms with Gasteiger partial charge < -0.3 is 31.6 Å². The number of nitrogens with two attached hydrogens (primary N) is 2. The zero-order valence-corrected chi connectivity index (χ0v) is 26.3. The second-order valence-electron chi connectivity index (χ2n) is 11.7. The van der Waals surface area contributed by atoms with Crippen molar-refractivity contribution in [3.63, 3.8) is 0 Å². The summed E-state index contributed by atoms with van der Waals surface area (Å²) >= 11 is 0. The lowest BCUT2D eigenvalue weighted by Gasteiger charge is -2.15. The Labute approximate surface area is 271 Å². The van der Waals surface area contributed by atoms with Crippen LogP contribution >= 0.6 is 0 Å². The minimum atomic E-state index is -0.223. The molecule has 5 rings (SSSR count). The molecule has 0 aliphatic heterocycles. The molecule has 0 heterocycles. The first-order chi connectivity index (χ1) is 22.4. The smallest absolute Gasteiger partial charge is 0.162 e. The molecule has 2 unspecified atom stereocenters. The van der Waals surface area contributed by atoms with Gasteiger partial charge in [-0.1, -0.05) is 78.9 Å². The van der Waals surface area contributed by atoms with Gasteiger partial charge in [0.15, 0.2) is 6.17 Å². The fraction of sp³-hybridized carbons (Fsp3) is 0.237. The van der Waals surface area contributed by atoms with E-state index in [9.17, 15) is 0 Å². The summed E-state index contributed by atoms with van der Waals surface area (Å²) in [6, 6.07) is 33.5. The lowest BCUT2D eigenvalue weighted by molar-refractivity contribution is -0.424. The maximum atomic E-state index is 7.55. The fourth-order valence-corrected chi connectivity index (χ4v) is 5.07. The van der Waals surface area contributed by atoms with Gasteiger partial charge in [0.1, 0.15) is 24.7 Å². The quantitative estimate of drug-likeness (QED) is 0.0596. The summed E-state index contributed by atoms with van der Waals surface area (Å²) in [5, 5.41) is 14.6. The van der Waals surface area contributed by atoms with Gasteiger partial charge in [0.05, 0.1) is 5.84 Å². The van der Waals surface area contributed by atoms with Crippen molar-refractivity contribution in [3.05, 3.63) is 160 Å². The van der Waals surface area contributed by atoms with E-state index >= 15 is 0 Å². The first kappa shape index (κ1) is 32.7. The Kier molecular flexibility index (Phi) is 11.7. The Balaban J connectivity index is 0.958. The second-order valence-corrected chi connectivity index (χ2v) is 11.7. The van der Waals surface area contributed by atoms with Crippen LogP contribution in [0.5, 0.6) is 5.75 Å². The molecule has 4 aromatic carbocycles. The number of allylic oxidation sites excluding steroid dienone is 2. The van der Waals surface area contributed by atoms with Gasteiger partial charge in [-0.2, -0.15) is 0 Å². The number of hydrogen-bond donors (Lipinski definition) is 6. The van der Waals surface area contributed by atoms with Gasteiger partial charge in [0, 0.05) is 37.7 Å². The third-order valence-corrected chi connectivity index (χ3v) is 7.97. The van der Waals surface area contributed by atoms with Crippen LogP contribution in [0.2, 0.25) is 0 Å². The predicted octanol–water partition coefficient (Wildman–Crippen LogP) is 4.96. The molecule has 0 saturated carbocycles. The van der Waals surface area contributed by atoms with E-state index in [0.29, 0.717) is 19.6 Å².